The Labute approximate surface area is 91.8 Å². The Hall–Kier alpha value is -1.25. The van der Waals surface area contributed by atoms with Crippen LogP contribution in [0.1, 0.15) is 36.3 Å². The number of hydrogen-bond acceptors (Lipinski definition) is 0. The first-order chi connectivity index (χ1) is 7.55. The quantitative estimate of drug-likeness (QED) is 0.624. The summed E-state index contributed by atoms with van der Waals surface area (Å²) < 4.78 is 37.5. The number of rotatable bonds is 1. The monoisotopic (exact) mass is 224 g/mol. The van der Waals surface area contributed by atoms with E-state index in [0.717, 1.165) is 30.9 Å². The van der Waals surface area contributed by atoms with Gasteiger partial charge >= 0.3 is 6.18 Å². The van der Waals surface area contributed by atoms with Crippen molar-refractivity contribution < 1.29 is 13.2 Å². The van der Waals surface area contributed by atoms with E-state index in [-0.39, 0.29) is 5.92 Å². The van der Waals surface area contributed by atoms with E-state index in [2.05, 4.69) is 0 Å². The molecule has 84 valence electrons. The molecule has 0 radical (unpaired) electrons. The van der Waals surface area contributed by atoms with Crippen LogP contribution in [0.3, 0.4) is 0 Å². The number of alkyl halides is 3. The third kappa shape index (κ3) is 1.75. The molecule has 2 fully saturated rings. The van der Waals surface area contributed by atoms with Gasteiger partial charge in [-0.1, -0.05) is 29.3 Å². The van der Waals surface area contributed by atoms with Crippen molar-refractivity contribution in [2.24, 2.45) is 0 Å². The fourth-order valence-corrected chi connectivity index (χ4v) is 2.19. The highest BCUT2D eigenvalue weighted by atomic mass is 19.4. The lowest BCUT2D eigenvalue weighted by Gasteiger charge is -2.07. The zero-order valence-corrected chi connectivity index (χ0v) is 8.64. The van der Waals surface area contributed by atoms with E-state index >= 15 is 0 Å². The lowest BCUT2D eigenvalue weighted by molar-refractivity contribution is -0.137. The van der Waals surface area contributed by atoms with Crippen LogP contribution in [-0.4, -0.2) is 0 Å². The van der Waals surface area contributed by atoms with E-state index in [9.17, 15) is 13.2 Å². The first-order valence-corrected chi connectivity index (χ1v) is 5.43. The van der Waals surface area contributed by atoms with Gasteiger partial charge in [-0.2, -0.15) is 13.2 Å². The van der Waals surface area contributed by atoms with Gasteiger partial charge in [-0.05, 0) is 30.9 Å². The van der Waals surface area contributed by atoms with Gasteiger partial charge < -0.3 is 0 Å². The summed E-state index contributed by atoms with van der Waals surface area (Å²) in [6, 6.07) is 5.73. The van der Waals surface area contributed by atoms with Crippen molar-refractivity contribution in [1.29, 1.82) is 0 Å². The molecule has 0 aliphatic heterocycles. The molecule has 2 aliphatic rings. The summed E-state index contributed by atoms with van der Waals surface area (Å²) >= 11 is 0. The van der Waals surface area contributed by atoms with Crippen molar-refractivity contribution >= 4 is 0 Å². The molecule has 1 atom stereocenters. The molecule has 0 nitrogen and oxygen atoms in total. The van der Waals surface area contributed by atoms with Crippen molar-refractivity contribution in [1.82, 2.24) is 0 Å². The molecule has 16 heavy (non-hydrogen) atoms. The zero-order valence-electron chi connectivity index (χ0n) is 8.64. The van der Waals surface area contributed by atoms with Crippen molar-refractivity contribution in [2.75, 3.05) is 0 Å². The first kappa shape index (κ1) is 9.94. The van der Waals surface area contributed by atoms with Crippen LogP contribution in [0.4, 0.5) is 13.2 Å². The van der Waals surface area contributed by atoms with Gasteiger partial charge in [0.2, 0.25) is 0 Å². The van der Waals surface area contributed by atoms with E-state index in [4.69, 9.17) is 0 Å². The minimum atomic E-state index is -4.22. The van der Waals surface area contributed by atoms with Crippen LogP contribution < -0.4 is 0 Å². The molecule has 0 saturated heterocycles. The second-order valence-corrected chi connectivity index (χ2v) is 4.51. The topological polar surface area (TPSA) is 0 Å². The Kier molecular flexibility index (Phi) is 1.94. The summed E-state index contributed by atoms with van der Waals surface area (Å²) in [5.41, 5.74) is 3.16. The number of allylic oxidation sites excluding steroid dienone is 2. The summed E-state index contributed by atoms with van der Waals surface area (Å²) in [7, 11) is 0. The molecule has 0 spiro atoms. The number of hydrogen-bond donors (Lipinski definition) is 0. The van der Waals surface area contributed by atoms with Gasteiger partial charge in [0.15, 0.2) is 0 Å². The molecule has 1 aromatic rings. The van der Waals surface area contributed by atoms with Crippen LogP contribution in [-0.2, 0) is 6.18 Å². The standard InChI is InChI=1S/C13H11F3/c14-13(15,16)10-3-1-2-9(6-10)12-7-11(12)8-4-5-8/h1-3,6,12H,4-5,7H2. The first-order valence-electron chi connectivity index (χ1n) is 5.43. The molecular weight excluding hydrogens is 213 g/mol. The maximum atomic E-state index is 12.5. The normalized spacial score (nSPS) is 23.6. The molecule has 0 bridgehead atoms. The molecule has 3 rings (SSSR count). The highest BCUT2D eigenvalue weighted by Crippen LogP contribution is 2.54. The van der Waals surface area contributed by atoms with Crippen LogP contribution >= 0.6 is 0 Å². The van der Waals surface area contributed by atoms with Gasteiger partial charge in [-0.25, -0.2) is 0 Å². The summed E-state index contributed by atoms with van der Waals surface area (Å²) in [6.45, 7) is 0. The van der Waals surface area contributed by atoms with E-state index in [1.807, 2.05) is 0 Å². The van der Waals surface area contributed by atoms with Gasteiger partial charge in [-0.3, -0.25) is 0 Å². The zero-order chi connectivity index (χ0) is 11.3. The van der Waals surface area contributed by atoms with E-state index in [1.165, 1.54) is 23.3 Å². The third-order valence-electron chi connectivity index (χ3n) is 3.25. The van der Waals surface area contributed by atoms with E-state index in [0.29, 0.717) is 0 Å². The van der Waals surface area contributed by atoms with E-state index < -0.39 is 11.7 Å². The predicted molar refractivity (Wildman–Crippen MR) is 55.1 cm³/mol. The molecule has 0 heterocycles. The SMILES string of the molecule is FC(F)(F)c1cccc(C2CC2=C2CC2)c1. The average Bonchev–Trinajstić information content (AvgIpc) is 3.08. The van der Waals surface area contributed by atoms with Gasteiger partial charge in [0.1, 0.15) is 0 Å². The van der Waals surface area contributed by atoms with Crippen LogP contribution in [0.15, 0.2) is 35.4 Å². The predicted octanol–water partition coefficient (Wildman–Crippen LogP) is 4.28. The molecule has 2 saturated carbocycles. The Morgan fingerprint density at radius 3 is 2.50 bits per heavy atom. The second-order valence-electron chi connectivity index (χ2n) is 4.51. The second kappa shape index (κ2) is 3.12. The highest BCUT2D eigenvalue weighted by Gasteiger charge is 2.38. The van der Waals surface area contributed by atoms with Gasteiger partial charge in [0.25, 0.3) is 0 Å². The largest absolute Gasteiger partial charge is 0.416 e. The molecular formula is C13H11F3. The molecule has 2 aliphatic carbocycles. The van der Waals surface area contributed by atoms with Gasteiger partial charge in [-0.15, -0.1) is 0 Å². The van der Waals surface area contributed by atoms with Crippen molar-refractivity contribution in [3.05, 3.63) is 46.5 Å². The molecule has 0 N–H and O–H groups in total. The van der Waals surface area contributed by atoms with Gasteiger partial charge in [0.05, 0.1) is 5.56 Å². The third-order valence-corrected chi connectivity index (χ3v) is 3.25. The summed E-state index contributed by atoms with van der Waals surface area (Å²) in [5, 5.41) is 0. The Morgan fingerprint density at radius 1 is 1.12 bits per heavy atom. The fourth-order valence-electron chi connectivity index (χ4n) is 2.19. The molecule has 1 unspecified atom stereocenters. The van der Waals surface area contributed by atoms with Crippen molar-refractivity contribution in [3.8, 4) is 0 Å². The molecule has 0 aromatic heterocycles. The Bertz CT molecular complexity index is 462. The number of halogens is 3. The van der Waals surface area contributed by atoms with Crippen molar-refractivity contribution in [3.63, 3.8) is 0 Å². The summed E-state index contributed by atoms with van der Waals surface area (Å²) in [4.78, 5) is 0. The lowest BCUT2D eigenvalue weighted by atomic mass is 10.1. The van der Waals surface area contributed by atoms with Crippen LogP contribution in [0.5, 0.6) is 0 Å². The Balaban J connectivity index is 1.89. The summed E-state index contributed by atoms with van der Waals surface area (Å²) in [5.74, 6) is 0.278. The average molecular weight is 224 g/mol. The Morgan fingerprint density at radius 2 is 1.88 bits per heavy atom. The minimum absolute atomic E-state index is 0.278. The van der Waals surface area contributed by atoms with Crippen LogP contribution in [0.25, 0.3) is 0 Å². The van der Waals surface area contributed by atoms with Crippen LogP contribution in [0, 0.1) is 0 Å². The van der Waals surface area contributed by atoms with E-state index in [1.54, 1.807) is 6.07 Å². The maximum absolute atomic E-state index is 12.5. The maximum Gasteiger partial charge on any atom is 0.416 e. The smallest absolute Gasteiger partial charge is 0.166 e. The molecule has 3 heteroatoms. The molecule has 1 aromatic carbocycles. The molecule has 0 amide bonds. The number of benzene rings is 1. The van der Waals surface area contributed by atoms with Crippen molar-refractivity contribution in [2.45, 2.75) is 31.4 Å². The van der Waals surface area contributed by atoms with Gasteiger partial charge in [0, 0.05) is 5.92 Å². The lowest BCUT2D eigenvalue weighted by Crippen LogP contribution is -2.04. The van der Waals surface area contributed by atoms with Crippen LogP contribution in [0.2, 0.25) is 0 Å². The minimum Gasteiger partial charge on any atom is -0.166 e. The fraction of sp³-hybridized carbons (Fsp3) is 0.385. The highest BCUT2D eigenvalue weighted by molar-refractivity contribution is 5.48. The summed E-state index contributed by atoms with van der Waals surface area (Å²) in [6.07, 6.45) is -0.940.